The van der Waals surface area contributed by atoms with E-state index in [4.69, 9.17) is 0 Å². The van der Waals surface area contributed by atoms with Crippen LogP contribution < -0.4 is 16.0 Å². The number of pyridine rings is 1. The average Bonchev–Trinajstić information content (AvgIpc) is 2.60. The van der Waals surface area contributed by atoms with E-state index >= 15 is 0 Å². The van der Waals surface area contributed by atoms with Gasteiger partial charge in [0.05, 0.1) is 0 Å². The van der Waals surface area contributed by atoms with Gasteiger partial charge in [-0.1, -0.05) is 19.1 Å². The van der Waals surface area contributed by atoms with Gasteiger partial charge >= 0.3 is 0 Å². The van der Waals surface area contributed by atoms with Crippen LogP contribution in [-0.2, 0) is 11.3 Å². The molecule has 2 amide bonds. The van der Waals surface area contributed by atoms with Crippen LogP contribution >= 0.6 is 0 Å². The Kier molecular flexibility index (Phi) is 5.40. The summed E-state index contributed by atoms with van der Waals surface area (Å²) in [5.41, 5.74) is 2.27. The van der Waals surface area contributed by atoms with E-state index in [1.54, 1.807) is 24.5 Å². The summed E-state index contributed by atoms with van der Waals surface area (Å²) in [5.74, 6) is 0.374. The van der Waals surface area contributed by atoms with Gasteiger partial charge in [0.1, 0.15) is 0 Å². The van der Waals surface area contributed by atoms with Crippen LogP contribution in [0.3, 0.4) is 0 Å². The molecule has 0 radical (unpaired) electrons. The number of benzene rings is 1. The number of rotatable bonds is 6. The zero-order valence-electron chi connectivity index (χ0n) is 14.2. The summed E-state index contributed by atoms with van der Waals surface area (Å²) in [5, 5.41) is 9.00. The fraction of sp³-hybridized carbons (Fsp3) is 0.316. The summed E-state index contributed by atoms with van der Waals surface area (Å²) < 4.78 is 0. The Hall–Kier alpha value is -2.73. The van der Waals surface area contributed by atoms with Crippen LogP contribution in [0.2, 0.25) is 0 Å². The summed E-state index contributed by atoms with van der Waals surface area (Å²) in [6.45, 7) is 4.29. The highest BCUT2D eigenvalue weighted by Crippen LogP contribution is 2.16. The smallest absolute Gasteiger partial charge is 0.255 e. The van der Waals surface area contributed by atoms with Crippen molar-refractivity contribution < 1.29 is 9.59 Å². The number of carbonyl (C=O) groups excluding carboxylic acids is 2. The molecule has 1 aromatic heterocycles. The van der Waals surface area contributed by atoms with Crippen molar-refractivity contribution in [2.45, 2.75) is 13.5 Å². The van der Waals surface area contributed by atoms with Gasteiger partial charge in [0.15, 0.2) is 0 Å². The van der Waals surface area contributed by atoms with Gasteiger partial charge in [0.25, 0.3) is 5.91 Å². The zero-order valence-corrected chi connectivity index (χ0v) is 14.2. The van der Waals surface area contributed by atoms with E-state index in [2.05, 4.69) is 20.9 Å². The first kappa shape index (κ1) is 17.1. The molecule has 0 saturated carbocycles. The largest absolute Gasteiger partial charge is 0.352 e. The number of hydrogen-bond donors (Lipinski definition) is 3. The highest BCUT2D eigenvalue weighted by atomic mass is 16.2. The van der Waals surface area contributed by atoms with Gasteiger partial charge in [0, 0.05) is 36.1 Å². The second-order valence-electron chi connectivity index (χ2n) is 6.31. The number of carbonyl (C=O) groups is 2. The van der Waals surface area contributed by atoms with Crippen molar-refractivity contribution in [1.29, 1.82) is 0 Å². The molecule has 6 heteroatoms. The minimum Gasteiger partial charge on any atom is -0.352 e. The maximum Gasteiger partial charge on any atom is 0.255 e. The number of nitrogens with zero attached hydrogens (tertiary/aromatic N) is 1. The van der Waals surface area contributed by atoms with Crippen molar-refractivity contribution >= 4 is 17.5 Å². The first-order valence-electron chi connectivity index (χ1n) is 8.42. The molecule has 1 atom stereocenters. The fourth-order valence-corrected chi connectivity index (χ4v) is 2.64. The molecule has 130 valence electrons. The first-order valence-corrected chi connectivity index (χ1v) is 8.42. The van der Waals surface area contributed by atoms with Crippen LogP contribution in [0.4, 0.5) is 5.69 Å². The second-order valence-corrected chi connectivity index (χ2v) is 6.31. The van der Waals surface area contributed by atoms with Gasteiger partial charge in [-0.15, -0.1) is 0 Å². The van der Waals surface area contributed by atoms with Crippen LogP contribution in [0.25, 0.3) is 0 Å². The Morgan fingerprint density at radius 2 is 1.84 bits per heavy atom. The van der Waals surface area contributed by atoms with Crippen molar-refractivity contribution in [2.24, 2.45) is 11.8 Å². The average molecular weight is 338 g/mol. The van der Waals surface area contributed by atoms with Crippen LogP contribution in [0.15, 0.2) is 48.8 Å². The lowest BCUT2D eigenvalue weighted by Gasteiger charge is -2.31. The molecular weight excluding hydrogens is 316 g/mol. The van der Waals surface area contributed by atoms with Gasteiger partial charge in [-0.3, -0.25) is 14.6 Å². The molecule has 2 aromatic rings. The molecule has 1 saturated heterocycles. The zero-order chi connectivity index (χ0) is 17.6. The molecule has 3 N–H and O–H groups in total. The summed E-state index contributed by atoms with van der Waals surface area (Å²) >= 11 is 0. The van der Waals surface area contributed by atoms with Gasteiger partial charge in [-0.05, 0) is 48.8 Å². The standard InChI is InChI=1S/C19H22N4O2/c1-13(16-11-21-12-16)18(24)22-10-14-2-4-17(5-3-14)23-19(25)15-6-8-20-9-7-15/h2-9,13,16,21H,10-12H2,1H3,(H,22,24)(H,23,25). The van der Waals surface area contributed by atoms with Crippen LogP contribution in [0.1, 0.15) is 22.8 Å². The molecule has 0 spiro atoms. The van der Waals surface area contributed by atoms with Crippen molar-refractivity contribution in [3.8, 4) is 0 Å². The lowest BCUT2D eigenvalue weighted by atomic mass is 9.88. The van der Waals surface area contributed by atoms with Crippen LogP contribution in [0.5, 0.6) is 0 Å². The molecule has 2 heterocycles. The monoisotopic (exact) mass is 338 g/mol. The Bertz CT molecular complexity index is 727. The molecule has 1 fully saturated rings. The van der Waals surface area contributed by atoms with E-state index in [0.29, 0.717) is 23.7 Å². The van der Waals surface area contributed by atoms with Crippen molar-refractivity contribution in [3.05, 3.63) is 59.9 Å². The van der Waals surface area contributed by atoms with Crippen molar-refractivity contribution in [1.82, 2.24) is 15.6 Å². The van der Waals surface area contributed by atoms with E-state index < -0.39 is 0 Å². The molecule has 25 heavy (non-hydrogen) atoms. The molecule has 3 rings (SSSR count). The summed E-state index contributed by atoms with van der Waals surface area (Å²) in [6.07, 6.45) is 3.17. The molecule has 0 aliphatic carbocycles. The summed E-state index contributed by atoms with van der Waals surface area (Å²) in [6, 6.07) is 10.8. The van der Waals surface area contributed by atoms with E-state index in [9.17, 15) is 9.59 Å². The van der Waals surface area contributed by atoms with Crippen LogP contribution in [-0.4, -0.2) is 29.9 Å². The Morgan fingerprint density at radius 1 is 1.16 bits per heavy atom. The molecule has 1 aromatic carbocycles. The third-order valence-corrected chi connectivity index (χ3v) is 4.55. The first-order chi connectivity index (χ1) is 12.1. The van der Waals surface area contributed by atoms with Crippen molar-refractivity contribution in [2.75, 3.05) is 18.4 Å². The van der Waals surface area contributed by atoms with Gasteiger partial charge in [-0.25, -0.2) is 0 Å². The lowest BCUT2D eigenvalue weighted by molar-refractivity contribution is -0.126. The highest BCUT2D eigenvalue weighted by Gasteiger charge is 2.28. The molecule has 1 unspecified atom stereocenters. The second kappa shape index (κ2) is 7.90. The van der Waals surface area contributed by atoms with E-state index in [1.807, 2.05) is 31.2 Å². The number of aromatic nitrogens is 1. The maximum atomic E-state index is 12.1. The predicted molar refractivity (Wildman–Crippen MR) is 96.0 cm³/mol. The fourth-order valence-electron chi connectivity index (χ4n) is 2.64. The number of amides is 2. The van der Waals surface area contributed by atoms with E-state index in [1.165, 1.54) is 0 Å². The van der Waals surface area contributed by atoms with Crippen molar-refractivity contribution in [3.63, 3.8) is 0 Å². The molecule has 6 nitrogen and oxygen atoms in total. The number of hydrogen-bond acceptors (Lipinski definition) is 4. The molecular formula is C19H22N4O2. The van der Waals surface area contributed by atoms with Gasteiger partial charge < -0.3 is 16.0 Å². The Balaban J connectivity index is 1.50. The molecule has 1 aliphatic rings. The van der Waals surface area contributed by atoms with Crippen LogP contribution in [0, 0.1) is 11.8 Å². The highest BCUT2D eigenvalue weighted by molar-refractivity contribution is 6.04. The summed E-state index contributed by atoms with van der Waals surface area (Å²) in [4.78, 5) is 28.1. The number of anilines is 1. The normalized spacial score (nSPS) is 15.1. The quantitative estimate of drug-likeness (QED) is 0.750. The minimum absolute atomic E-state index is 0.0279. The topological polar surface area (TPSA) is 83.1 Å². The van der Waals surface area contributed by atoms with E-state index in [0.717, 1.165) is 18.7 Å². The third-order valence-electron chi connectivity index (χ3n) is 4.55. The van der Waals surface area contributed by atoms with Gasteiger partial charge in [0.2, 0.25) is 5.91 Å². The number of nitrogens with one attached hydrogen (secondary N) is 3. The van der Waals surface area contributed by atoms with Gasteiger partial charge in [-0.2, -0.15) is 0 Å². The predicted octanol–water partition coefficient (Wildman–Crippen LogP) is 1.81. The summed E-state index contributed by atoms with van der Waals surface area (Å²) in [7, 11) is 0. The SMILES string of the molecule is CC(C(=O)NCc1ccc(NC(=O)c2ccncc2)cc1)C1CNC1. The van der Waals surface area contributed by atoms with E-state index in [-0.39, 0.29) is 17.7 Å². The lowest BCUT2D eigenvalue weighted by Crippen LogP contribution is -2.49. The maximum absolute atomic E-state index is 12.1. The molecule has 0 bridgehead atoms. The third kappa shape index (κ3) is 4.42. The Morgan fingerprint density at radius 3 is 2.44 bits per heavy atom. The minimum atomic E-state index is -0.175. The Labute approximate surface area is 147 Å². The molecule has 1 aliphatic heterocycles.